The molecule has 2 saturated heterocycles. The first-order chi connectivity index (χ1) is 8.69. The van der Waals surface area contributed by atoms with Crippen molar-refractivity contribution in [3.8, 4) is 0 Å². The van der Waals surface area contributed by atoms with Gasteiger partial charge >= 0.3 is 0 Å². The molecule has 2 heterocycles. The van der Waals surface area contributed by atoms with E-state index in [-0.39, 0.29) is 5.91 Å². The van der Waals surface area contributed by atoms with Crippen LogP contribution in [0.1, 0.15) is 33.6 Å². The smallest absolute Gasteiger partial charge is 0.236 e. The number of likely N-dealkylation sites (N-methyl/N-ethyl adjacent to an activating group) is 1. The number of piperidine rings is 1. The van der Waals surface area contributed by atoms with E-state index in [4.69, 9.17) is 0 Å². The fraction of sp³-hybridized carbons (Fsp3) is 0.929. The van der Waals surface area contributed by atoms with Gasteiger partial charge in [0.05, 0.1) is 6.54 Å². The highest BCUT2D eigenvalue weighted by molar-refractivity contribution is 5.79. The van der Waals surface area contributed by atoms with Crippen LogP contribution in [0, 0.1) is 5.41 Å². The van der Waals surface area contributed by atoms with Crippen LogP contribution in [0.4, 0.5) is 0 Å². The Labute approximate surface area is 112 Å². The van der Waals surface area contributed by atoms with Gasteiger partial charge in [-0.3, -0.25) is 4.79 Å². The Morgan fingerprint density at radius 1 is 1.22 bits per heavy atom. The lowest BCUT2D eigenvalue weighted by Crippen LogP contribution is -2.62. The Morgan fingerprint density at radius 3 is 2.22 bits per heavy atom. The molecule has 4 nitrogen and oxygen atoms in total. The lowest BCUT2D eigenvalue weighted by Gasteiger charge is -2.54. The maximum atomic E-state index is 11.6. The zero-order valence-electron chi connectivity index (χ0n) is 12.5. The largest absolute Gasteiger partial charge is 0.340 e. The SMILES string of the molecule is CC.CCN1CCC2(CC1)CN(C(=O)CNC)C2. The number of rotatable bonds is 3. The topological polar surface area (TPSA) is 35.6 Å². The number of nitrogens with one attached hydrogen (secondary N) is 1. The summed E-state index contributed by atoms with van der Waals surface area (Å²) in [7, 11) is 1.83. The Bertz CT molecular complexity index is 252. The first-order valence-electron chi connectivity index (χ1n) is 7.34. The van der Waals surface area contributed by atoms with Crippen molar-refractivity contribution in [1.29, 1.82) is 0 Å². The van der Waals surface area contributed by atoms with Gasteiger partial charge in [-0.25, -0.2) is 0 Å². The third-order valence-electron chi connectivity index (χ3n) is 4.10. The molecule has 0 aromatic rings. The standard InChI is InChI=1S/C12H23N3O.C2H6/c1-3-14-6-4-12(5-7-14)9-15(10-12)11(16)8-13-2;1-2/h13H,3-10H2,1-2H3;1-2H3. The van der Waals surface area contributed by atoms with Gasteiger partial charge in [0, 0.05) is 18.5 Å². The van der Waals surface area contributed by atoms with Gasteiger partial charge in [-0.1, -0.05) is 20.8 Å². The molecule has 1 spiro atoms. The summed E-state index contributed by atoms with van der Waals surface area (Å²) in [4.78, 5) is 16.1. The minimum Gasteiger partial charge on any atom is -0.340 e. The van der Waals surface area contributed by atoms with Crippen LogP contribution < -0.4 is 5.32 Å². The molecule has 0 aromatic heterocycles. The average Bonchev–Trinajstić information content (AvgIpc) is 2.38. The summed E-state index contributed by atoms with van der Waals surface area (Å²) < 4.78 is 0. The summed E-state index contributed by atoms with van der Waals surface area (Å²) in [6.45, 7) is 12.3. The summed E-state index contributed by atoms with van der Waals surface area (Å²) >= 11 is 0. The summed E-state index contributed by atoms with van der Waals surface area (Å²) in [6, 6.07) is 0. The van der Waals surface area contributed by atoms with E-state index in [1.807, 2.05) is 25.8 Å². The van der Waals surface area contributed by atoms with E-state index in [9.17, 15) is 4.79 Å². The van der Waals surface area contributed by atoms with Crippen molar-refractivity contribution in [3.63, 3.8) is 0 Å². The second-order valence-electron chi connectivity index (χ2n) is 5.21. The molecular weight excluding hydrogens is 226 g/mol. The number of carbonyl (C=O) groups is 1. The van der Waals surface area contributed by atoms with Crippen LogP contribution >= 0.6 is 0 Å². The van der Waals surface area contributed by atoms with Crippen molar-refractivity contribution in [1.82, 2.24) is 15.1 Å². The first kappa shape index (κ1) is 15.4. The minimum absolute atomic E-state index is 0.256. The van der Waals surface area contributed by atoms with Crippen LogP contribution in [-0.4, -0.2) is 62.0 Å². The van der Waals surface area contributed by atoms with Gasteiger partial charge in [-0.05, 0) is 39.5 Å². The molecule has 0 aromatic carbocycles. The van der Waals surface area contributed by atoms with Gasteiger partial charge in [0.15, 0.2) is 0 Å². The summed E-state index contributed by atoms with van der Waals surface area (Å²) in [6.07, 6.45) is 2.54. The maximum absolute atomic E-state index is 11.6. The molecule has 2 aliphatic rings. The van der Waals surface area contributed by atoms with Crippen molar-refractivity contribution in [2.24, 2.45) is 5.41 Å². The van der Waals surface area contributed by atoms with Crippen LogP contribution in [0.15, 0.2) is 0 Å². The van der Waals surface area contributed by atoms with E-state index >= 15 is 0 Å². The van der Waals surface area contributed by atoms with Crippen LogP contribution in [0.2, 0.25) is 0 Å². The molecule has 106 valence electrons. The van der Waals surface area contributed by atoms with Crippen molar-refractivity contribution in [2.45, 2.75) is 33.6 Å². The first-order valence-corrected chi connectivity index (χ1v) is 7.34. The molecular formula is C14H29N3O. The number of amides is 1. The van der Waals surface area contributed by atoms with Crippen molar-refractivity contribution >= 4 is 5.91 Å². The minimum atomic E-state index is 0.256. The fourth-order valence-corrected chi connectivity index (χ4v) is 2.86. The van der Waals surface area contributed by atoms with E-state index in [0.29, 0.717) is 12.0 Å². The molecule has 0 unspecified atom stereocenters. The van der Waals surface area contributed by atoms with E-state index < -0.39 is 0 Å². The summed E-state index contributed by atoms with van der Waals surface area (Å²) in [5.41, 5.74) is 0.467. The van der Waals surface area contributed by atoms with Crippen molar-refractivity contribution < 1.29 is 4.79 Å². The molecule has 1 amide bonds. The van der Waals surface area contributed by atoms with Gasteiger partial charge in [0.1, 0.15) is 0 Å². The van der Waals surface area contributed by atoms with Crippen LogP contribution in [0.25, 0.3) is 0 Å². The van der Waals surface area contributed by atoms with E-state index in [1.165, 1.54) is 32.5 Å². The summed E-state index contributed by atoms with van der Waals surface area (Å²) in [5, 5.41) is 2.92. The molecule has 2 fully saturated rings. The Hall–Kier alpha value is -0.610. The molecule has 2 rings (SSSR count). The lowest BCUT2D eigenvalue weighted by molar-refractivity contribution is -0.145. The van der Waals surface area contributed by atoms with E-state index in [1.54, 1.807) is 0 Å². The van der Waals surface area contributed by atoms with Gasteiger partial charge in [0.25, 0.3) is 0 Å². The Kier molecular flexibility index (Phi) is 6.09. The third kappa shape index (κ3) is 3.45. The molecule has 0 saturated carbocycles. The highest BCUT2D eigenvalue weighted by Gasteiger charge is 2.45. The van der Waals surface area contributed by atoms with Crippen LogP contribution in [-0.2, 0) is 4.79 Å². The third-order valence-corrected chi connectivity index (χ3v) is 4.10. The zero-order valence-corrected chi connectivity index (χ0v) is 12.5. The molecule has 0 radical (unpaired) electrons. The molecule has 4 heteroatoms. The highest BCUT2D eigenvalue weighted by atomic mass is 16.2. The molecule has 18 heavy (non-hydrogen) atoms. The predicted molar refractivity (Wildman–Crippen MR) is 75.6 cm³/mol. The van der Waals surface area contributed by atoms with Gasteiger partial charge in [0.2, 0.25) is 5.91 Å². The molecule has 0 aliphatic carbocycles. The van der Waals surface area contributed by atoms with Crippen LogP contribution in [0.5, 0.6) is 0 Å². The van der Waals surface area contributed by atoms with Gasteiger partial charge in [-0.2, -0.15) is 0 Å². The number of hydrogen-bond acceptors (Lipinski definition) is 3. The van der Waals surface area contributed by atoms with Crippen molar-refractivity contribution in [3.05, 3.63) is 0 Å². The summed E-state index contributed by atoms with van der Waals surface area (Å²) in [5.74, 6) is 0.256. The monoisotopic (exact) mass is 255 g/mol. The number of likely N-dealkylation sites (tertiary alicyclic amines) is 2. The number of hydrogen-bond donors (Lipinski definition) is 1. The highest BCUT2D eigenvalue weighted by Crippen LogP contribution is 2.40. The van der Waals surface area contributed by atoms with Crippen molar-refractivity contribution in [2.75, 3.05) is 46.3 Å². The van der Waals surface area contributed by atoms with Gasteiger partial charge in [-0.15, -0.1) is 0 Å². The number of nitrogens with zero attached hydrogens (tertiary/aromatic N) is 2. The number of carbonyl (C=O) groups excluding carboxylic acids is 1. The molecule has 0 atom stereocenters. The van der Waals surface area contributed by atoms with E-state index in [2.05, 4.69) is 17.1 Å². The Balaban J connectivity index is 0.000000771. The predicted octanol–water partition coefficient (Wildman–Crippen LogP) is 1.18. The van der Waals surface area contributed by atoms with Gasteiger partial charge < -0.3 is 15.1 Å². The quantitative estimate of drug-likeness (QED) is 0.822. The maximum Gasteiger partial charge on any atom is 0.236 e. The Morgan fingerprint density at radius 2 is 1.78 bits per heavy atom. The van der Waals surface area contributed by atoms with E-state index in [0.717, 1.165) is 13.1 Å². The molecule has 1 N–H and O–H groups in total. The molecule has 2 aliphatic heterocycles. The van der Waals surface area contributed by atoms with Crippen LogP contribution in [0.3, 0.4) is 0 Å². The second-order valence-corrected chi connectivity index (χ2v) is 5.21. The second kappa shape index (κ2) is 7.10. The average molecular weight is 255 g/mol. The molecule has 0 bridgehead atoms. The zero-order chi connectivity index (χ0) is 13.6. The fourth-order valence-electron chi connectivity index (χ4n) is 2.86. The normalized spacial score (nSPS) is 22.1. The lowest BCUT2D eigenvalue weighted by atomic mass is 9.72.